The molecule has 1 aromatic heterocycles. The zero-order valence-corrected chi connectivity index (χ0v) is 16.1. The highest BCUT2D eigenvalue weighted by atomic mass is 16.6. The Hall–Kier alpha value is -3.68. The standard InChI is InChI=1S/C21H20N2O6/c1-3-14-7-8-16-15(11-28-18(16)9-14)10-20(25)29-12-19(24)22-21-13(2)5-4-6-17(21)23(26)27/h4-9,11H,3,10,12H2,1-2H3,(H,22,24). The fourth-order valence-corrected chi connectivity index (χ4v) is 2.98. The number of esters is 1. The molecule has 150 valence electrons. The summed E-state index contributed by atoms with van der Waals surface area (Å²) >= 11 is 0. The first kappa shape index (κ1) is 20.1. The van der Waals surface area contributed by atoms with Gasteiger partial charge in [0.1, 0.15) is 11.3 Å². The summed E-state index contributed by atoms with van der Waals surface area (Å²) in [5, 5.41) is 14.4. The summed E-state index contributed by atoms with van der Waals surface area (Å²) in [5.41, 5.74) is 2.89. The number of hydrogen-bond acceptors (Lipinski definition) is 6. The van der Waals surface area contributed by atoms with E-state index in [1.54, 1.807) is 13.0 Å². The van der Waals surface area contributed by atoms with E-state index in [0.29, 0.717) is 16.7 Å². The van der Waals surface area contributed by atoms with Crippen LogP contribution in [0, 0.1) is 17.0 Å². The van der Waals surface area contributed by atoms with Gasteiger partial charge in [0.2, 0.25) is 0 Å². The molecule has 0 bridgehead atoms. The summed E-state index contributed by atoms with van der Waals surface area (Å²) in [6, 6.07) is 10.2. The summed E-state index contributed by atoms with van der Waals surface area (Å²) in [4.78, 5) is 34.7. The van der Waals surface area contributed by atoms with Crippen LogP contribution in [0.3, 0.4) is 0 Å². The third-order valence-corrected chi connectivity index (χ3v) is 4.54. The van der Waals surface area contributed by atoms with Gasteiger partial charge in [-0.2, -0.15) is 0 Å². The molecule has 0 radical (unpaired) electrons. The largest absolute Gasteiger partial charge is 0.464 e. The molecule has 2 aromatic carbocycles. The van der Waals surface area contributed by atoms with E-state index < -0.39 is 23.4 Å². The molecule has 0 atom stereocenters. The molecule has 0 saturated carbocycles. The van der Waals surface area contributed by atoms with E-state index >= 15 is 0 Å². The summed E-state index contributed by atoms with van der Waals surface area (Å²) in [6.45, 7) is 3.14. The number of hydrogen-bond donors (Lipinski definition) is 1. The highest BCUT2D eigenvalue weighted by Crippen LogP contribution is 2.27. The number of anilines is 1. The molecule has 8 nitrogen and oxygen atoms in total. The number of aryl methyl sites for hydroxylation is 2. The molecule has 0 aliphatic rings. The average Bonchev–Trinajstić information content (AvgIpc) is 3.09. The number of furan rings is 1. The molecule has 0 saturated heterocycles. The van der Waals surface area contributed by atoms with Crippen LogP contribution in [-0.2, 0) is 27.2 Å². The van der Waals surface area contributed by atoms with Crippen LogP contribution < -0.4 is 5.32 Å². The monoisotopic (exact) mass is 396 g/mol. The molecule has 1 amide bonds. The van der Waals surface area contributed by atoms with Crippen LogP contribution in [-0.4, -0.2) is 23.4 Å². The number of ether oxygens (including phenoxy) is 1. The van der Waals surface area contributed by atoms with E-state index in [-0.39, 0.29) is 17.8 Å². The second kappa shape index (κ2) is 8.55. The van der Waals surface area contributed by atoms with E-state index in [1.807, 2.05) is 25.1 Å². The van der Waals surface area contributed by atoms with E-state index in [0.717, 1.165) is 17.4 Å². The van der Waals surface area contributed by atoms with E-state index in [9.17, 15) is 19.7 Å². The summed E-state index contributed by atoms with van der Waals surface area (Å²) < 4.78 is 10.5. The lowest BCUT2D eigenvalue weighted by molar-refractivity contribution is -0.384. The van der Waals surface area contributed by atoms with Gasteiger partial charge in [-0.15, -0.1) is 0 Å². The van der Waals surface area contributed by atoms with Crippen LogP contribution in [0.1, 0.15) is 23.6 Å². The summed E-state index contributed by atoms with van der Waals surface area (Å²) in [7, 11) is 0. The molecule has 1 heterocycles. The Labute approximate surface area is 166 Å². The Balaban J connectivity index is 1.60. The molecule has 0 spiro atoms. The van der Waals surface area contributed by atoms with Crippen molar-refractivity contribution in [2.45, 2.75) is 26.7 Å². The molecule has 0 unspecified atom stereocenters. The molecule has 1 N–H and O–H groups in total. The van der Waals surface area contributed by atoms with Crippen molar-refractivity contribution in [2.75, 3.05) is 11.9 Å². The maximum Gasteiger partial charge on any atom is 0.310 e. The summed E-state index contributed by atoms with van der Waals surface area (Å²) in [5.74, 6) is -1.25. The van der Waals surface area contributed by atoms with Crippen LogP contribution in [0.5, 0.6) is 0 Å². The van der Waals surface area contributed by atoms with Crippen molar-refractivity contribution in [1.29, 1.82) is 0 Å². The highest BCUT2D eigenvalue weighted by Gasteiger charge is 2.19. The van der Waals surface area contributed by atoms with E-state index in [2.05, 4.69) is 5.32 Å². The number of amides is 1. The van der Waals surface area contributed by atoms with Gasteiger partial charge in [0.25, 0.3) is 11.6 Å². The molecular weight excluding hydrogens is 376 g/mol. The number of nitro groups is 1. The van der Waals surface area contributed by atoms with Gasteiger partial charge in [-0.1, -0.05) is 31.2 Å². The zero-order valence-electron chi connectivity index (χ0n) is 16.1. The number of para-hydroxylation sites is 1. The number of rotatable bonds is 7. The Bertz CT molecular complexity index is 1090. The predicted octanol–water partition coefficient (Wildman–Crippen LogP) is 3.94. The van der Waals surface area contributed by atoms with Crippen molar-refractivity contribution in [1.82, 2.24) is 0 Å². The highest BCUT2D eigenvalue weighted by molar-refractivity contribution is 5.96. The van der Waals surface area contributed by atoms with Gasteiger partial charge in [0, 0.05) is 17.0 Å². The molecule has 3 aromatic rings. The van der Waals surface area contributed by atoms with Crippen molar-refractivity contribution < 1.29 is 23.7 Å². The molecule has 0 fully saturated rings. The second-order valence-electron chi connectivity index (χ2n) is 6.56. The van der Waals surface area contributed by atoms with Gasteiger partial charge in [-0.25, -0.2) is 0 Å². The second-order valence-corrected chi connectivity index (χ2v) is 6.56. The minimum Gasteiger partial charge on any atom is -0.464 e. The number of nitrogens with zero attached hydrogens (tertiary/aromatic N) is 1. The third-order valence-electron chi connectivity index (χ3n) is 4.54. The van der Waals surface area contributed by atoms with Crippen LogP contribution >= 0.6 is 0 Å². The lowest BCUT2D eigenvalue weighted by Gasteiger charge is -2.09. The van der Waals surface area contributed by atoms with Gasteiger partial charge in [0.05, 0.1) is 17.6 Å². The summed E-state index contributed by atoms with van der Waals surface area (Å²) in [6.07, 6.45) is 2.33. The fourth-order valence-electron chi connectivity index (χ4n) is 2.98. The minimum absolute atomic E-state index is 0.0454. The lowest BCUT2D eigenvalue weighted by atomic mass is 10.1. The van der Waals surface area contributed by atoms with E-state index in [1.165, 1.54) is 18.4 Å². The van der Waals surface area contributed by atoms with Crippen molar-refractivity contribution in [2.24, 2.45) is 0 Å². The average molecular weight is 396 g/mol. The Morgan fingerprint density at radius 1 is 1.24 bits per heavy atom. The van der Waals surface area contributed by atoms with Crippen molar-refractivity contribution >= 4 is 34.2 Å². The quantitative estimate of drug-likeness (QED) is 0.368. The first-order chi connectivity index (χ1) is 13.9. The van der Waals surface area contributed by atoms with Gasteiger partial charge in [-0.3, -0.25) is 19.7 Å². The normalized spacial score (nSPS) is 10.7. The number of nitro benzene ring substituents is 1. The minimum atomic E-state index is -0.652. The molecular formula is C21H20N2O6. The molecule has 0 aliphatic carbocycles. The first-order valence-electron chi connectivity index (χ1n) is 9.07. The number of carbonyl (C=O) groups is 2. The number of benzene rings is 2. The molecule has 8 heteroatoms. The Morgan fingerprint density at radius 2 is 2.03 bits per heavy atom. The van der Waals surface area contributed by atoms with Gasteiger partial charge >= 0.3 is 5.97 Å². The van der Waals surface area contributed by atoms with Crippen LogP contribution in [0.2, 0.25) is 0 Å². The van der Waals surface area contributed by atoms with Gasteiger partial charge < -0.3 is 14.5 Å². The first-order valence-corrected chi connectivity index (χ1v) is 9.07. The fraction of sp³-hybridized carbons (Fsp3) is 0.238. The number of nitrogens with one attached hydrogen (secondary N) is 1. The van der Waals surface area contributed by atoms with Crippen LogP contribution in [0.25, 0.3) is 11.0 Å². The molecule has 29 heavy (non-hydrogen) atoms. The predicted molar refractivity (Wildman–Crippen MR) is 107 cm³/mol. The smallest absolute Gasteiger partial charge is 0.310 e. The lowest BCUT2D eigenvalue weighted by Crippen LogP contribution is -2.22. The van der Waals surface area contributed by atoms with Crippen molar-refractivity contribution in [3.63, 3.8) is 0 Å². The van der Waals surface area contributed by atoms with Crippen molar-refractivity contribution in [3.05, 3.63) is 69.5 Å². The number of carbonyl (C=O) groups excluding carboxylic acids is 2. The Morgan fingerprint density at radius 3 is 2.76 bits per heavy atom. The van der Waals surface area contributed by atoms with Crippen LogP contribution in [0.4, 0.5) is 11.4 Å². The van der Waals surface area contributed by atoms with Crippen molar-refractivity contribution in [3.8, 4) is 0 Å². The van der Waals surface area contributed by atoms with Gasteiger partial charge in [0.15, 0.2) is 6.61 Å². The topological polar surface area (TPSA) is 112 Å². The van der Waals surface area contributed by atoms with Crippen LogP contribution in [0.15, 0.2) is 47.1 Å². The molecule has 0 aliphatic heterocycles. The molecule has 3 rings (SSSR count). The zero-order chi connectivity index (χ0) is 21.0. The third kappa shape index (κ3) is 4.60. The SMILES string of the molecule is CCc1ccc2c(CC(=O)OCC(=O)Nc3c(C)cccc3[N+](=O)[O-])coc2c1. The Kier molecular flexibility index (Phi) is 5.92. The maximum absolute atomic E-state index is 12.1. The van der Waals surface area contributed by atoms with E-state index in [4.69, 9.17) is 9.15 Å². The maximum atomic E-state index is 12.1. The number of fused-ring (bicyclic) bond motifs is 1. The van der Waals surface area contributed by atoms with Gasteiger partial charge in [-0.05, 0) is 30.5 Å².